The zero-order valence-electron chi connectivity index (χ0n) is 20.2. The van der Waals surface area contributed by atoms with Gasteiger partial charge in [0.25, 0.3) is 0 Å². The van der Waals surface area contributed by atoms with Gasteiger partial charge in [-0.05, 0) is 50.2 Å². The summed E-state index contributed by atoms with van der Waals surface area (Å²) >= 11 is 0. The number of aliphatic hydroxyl groups is 1. The zero-order valence-corrected chi connectivity index (χ0v) is 20.2. The fraction of sp³-hybridized carbons (Fsp3) is 0.360. The van der Waals surface area contributed by atoms with Crippen LogP contribution >= 0.6 is 0 Å². The monoisotopic (exact) mass is 552 g/mol. The van der Waals surface area contributed by atoms with Crippen LogP contribution in [0.2, 0.25) is 0 Å². The van der Waals surface area contributed by atoms with Crippen LogP contribution in [-0.2, 0) is 18.3 Å². The molecular weight excluding hydrogens is 530 g/mol. The fourth-order valence-corrected chi connectivity index (χ4v) is 4.76. The van der Waals surface area contributed by atoms with Crippen molar-refractivity contribution in [3.8, 4) is 11.4 Å². The Morgan fingerprint density at radius 3 is 2.38 bits per heavy atom. The number of β-amino-alcohol motifs (C(OH)–C–C–N with tert-alkyl or cyclic N) is 1. The minimum Gasteiger partial charge on any atom is -0.382 e. The van der Waals surface area contributed by atoms with Crippen LogP contribution in [0.1, 0.15) is 35.8 Å². The van der Waals surface area contributed by atoms with Crippen molar-refractivity contribution < 1.29 is 36.0 Å². The summed E-state index contributed by atoms with van der Waals surface area (Å²) in [6.07, 6.45) is -1.02. The van der Waals surface area contributed by atoms with Gasteiger partial charge in [0.2, 0.25) is 11.7 Å². The highest BCUT2D eigenvalue weighted by Gasteiger charge is 2.37. The second-order valence-electron chi connectivity index (χ2n) is 9.45. The maximum Gasteiger partial charge on any atom is 0.416 e. The van der Waals surface area contributed by atoms with Gasteiger partial charge < -0.3 is 14.5 Å². The van der Waals surface area contributed by atoms with Crippen molar-refractivity contribution in [2.24, 2.45) is 0 Å². The zero-order chi connectivity index (χ0) is 27.8. The molecule has 0 saturated carbocycles. The van der Waals surface area contributed by atoms with Crippen LogP contribution in [0.5, 0.6) is 0 Å². The molecule has 2 aromatic heterocycles. The molecular formula is C25H22F6N6O2. The summed E-state index contributed by atoms with van der Waals surface area (Å²) < 4.78 is 87.7. The van der Waals surface area contributed by atoms with Gasteiger partial charge in [0, 0.05) is 24.1 Å². The SMILES string of the molecule is OC(CN1CCC(c2nc(-c3ccc(C(F)(F)F)cc3F)no2)CC1)(Cn1cncn1)c1ccc(F)cc1F. The van der Waals surface area contributed by atoms with Gasteiger partial charge in [0.1, 0.15) is 35.7 Å². The first kappa shape index (κ1) is 26.8. The van der Waals surface area contributed by atoms with Crippen molar-refractivity contribution in [2.75, 3.05) is 19.6 Å². The predicted octanol–water partition coefficient (Wildman–Crippen LogP) is 4.53. The van der Waals surface area contributed by atoms with E-state index in [4.69, 9.17) is 4.52 Å². The molecule has 1 aliphatic rings. The first-order chi connectivity index (χ1) is 18.5. The largest absolute Gasteiger partial charge is 0.416 e. The number of rotatable bonds is 7. The number of halogens is 6. The number of hydrogen-bond donors (Lipinski definition) is 1. The Labute approximate surface area is 217 Å². The lowest BCUT2D eigenvalue weighted by Gasteiger charge is -2.37. The fourth-order valence-electron chi connectivity index (χ4n) is 4.76. The number of aromatic nitrogens is 5. The number of hydrogen-bond acceptors (Lipinski definition) is 7. The smallest absolute Gasteiger partial charge is 0.382 e. The molecule has 2 aromatic carbocycles. The quantitative estimate of drug-likeness (QED) is 0.337. The molecule has 5 rings (SSSR count). The Kier molecular flexibility index (Phi) is 7.16. The van der Waals surface area contributed by atoms with Crippen LogP contribution in [0.15, 0.2) is 53.6 Å². The van der Waals surface area contributed by atoms with Crippen LogP contribution in [0.4, 0.5) is 26.3 Å². The molecule has 0 amide bonds. The molecule has 1 atom stereocenters. The van der Waals surface area contributed by atoms with Crippen LogP contribution in [-0.4, -0.2) is 54.5 Å². The lowest BCUT2D eigenvalue weighted by molar-refractivity contribution is -0.137. The van der Waals surface area contributed by atoms with Crippen molar-refractivity contribution in [3.05, 3.63) is 83.5 Å². The Bertz CT molecular complexity index is 1440. The maximum absolute atomic E-state index is 14.7. The van der Waals surface area contributed by atoms with Crippen molar-refractivity contribution in [3.63, 3.8) is 0 Å². The number of likely N-dealkylation sites (tertiary alicyclic amines) is 1. The molecule has 14 heteroatoms. The molecule has 8 nitrogen and oxygen atoms in total. The van der Waals surface area contributed by atoms with E-state index in [2.05, 4.69) is 20.2 Å². The molecule has 4 aromatic rings. The Hall–Kier alpha value is -3.78. The molecule has 3 heterocycles. The van der Waals surface area contributed by atoms with Gasteiger partial charge in [-0.15, -0.1) is 0 Å². The summed E-state index contributed by atoms with van der Waals surface area (Å²) in [6, 6.07) is 5.07. The van der Waals surface area contributed by atoms with Gasteiger partial charge in [0.15, 0.2) is 0 Å². The summed E-state index contributed by atoms with van der Waals surface area (Å²) in [5.74, 6) is -2.94. The van der Waals surface area contributed by atoms with Gasteiger partial charge in [0.05, 0.1) is 17.7 Å². The third-order valence-corrected chi connectivity index (χ3v) is 6.72. The summed E-state index contributed by atoms with van der Waals surface area (Å²) in [4.78, 5) is 9.96. The number of benzene rings is 2. The molecule has 0 spiro atoms. The number of alkyl halides is 3. The molecule has 1 aliphatic heterocycles. The highest BCUT2D eigenvalue weighted by molar-refractivity contribution is 5.56. The first-order valence-corrected chi connectivity index (χ1v) is 12.0. The topological polar surface area (TPSA) is 93.1 Å². The molecule has 1 N–H and O–H groups in total. The summed E-state index contributed by atoms with van der Waals surface area (Å²) in [5, 5.41) is 19.3. The lowest BCUT2D eigenvalue weighted by atomic mass is 9.90. The Balaban J connectivity index is 1.28. The minimum absolute atomic E-state index is 0.00792. The highest BCUT2D eigenvalue weighted by atomic mass is 19.4. The minimum atomic E-state index is -4.68. The normalized spacial score (nSPS) is 16.9. The van der Waals surface area contributed by atoms with E-state index in [1.54, 1.807) is 0 Å². The van der Waals surface area contributed by atoms with Crippen molar-refractivity contribution in [1.29, 1.82) is 0 Å². The van der Waals surface area contributed by atoms with E-state index in [1.165, 1.54) is 23.4 Å². The Morgan fingerprint density at radius 1 is 0.974 bits per heavy atom. The molecule has 0 bridgehead atoms. The average molecular weight is 552 g/mol. The van der Waals surface area contributed by atoms with E-state index in [1.807, 2.05) is 4.90 Å². The maximum atomic E-state index is 14.7. The lowest BCUT2D eigenvalue weighted by Crippen LogP contribution is -2.47. The average Bonchev–Trinajstić information content (AvgIpc) is 3.56. The molecule has 1 saturated heterocycles. The number of nitrogens with zero attached hydrogens (tertiary/aromatic N) is 6. The predicted molar refractivity (Wildman–Crippen MR) is 123 cm³/mol. The Morgan fingerprint density at radius 2 is 1.74 bits per heavy atom. The summed E-state index contributed by atoms with van der Waals surface area (Å²) in [6.45, 7) is 0.772. The highest BCUT2D eigenvalue weighted by Crippen LogP contribution is 2.35. The van der Waals surface area contributed by atoms with Crippen molar-refractivity contribution >= 4 is 0 Å². The molecule has 0 aliphatic carbocycles. The second kappa shape index (κ2) is 10.4. The van der Waals surface area contributed by atoms with E-state index >= 15 is 0 Å². The van der Waals surface area contributed by atoms with Gasteiger partial charge >= 0.3 is 6.18 Å². The number of piperidine rings is 1. The van der Waals surface area contributed by atoms with Crippen LogP contribution < -0.4 is 0 Å². The summed E-state index contributed by atoms with van der Waals surface area (Å²) in [5.41, 5.74) is -3.17. The standard InChI is InChI=1S/C25H22F6N6O2/c26-17-2-4-19(21(28)10-17)24(38,12-37-14-32-13-33-37)11-36-7-5-15(6-8-36)23-34-22(35-39-23)18-3-1-16(9-20(18)27)25(29,30)31/h1-4,9-10,13-15,38H,5-8,11-12H2. The summed E-state index contributed by atoms with van der Waals surface area (Å²) in [7, 11) is 0. The second-order valence-corrected chi connectivity index (χ2v) is 9.45. The van der Waals surface area contributed by atoms with Crippen LogP contribution in [0, 0.1) is 17.5 Å². The van der Waals surface area contributed by atoms with Crippen LogP contribution in [0.3, 0.4) is 0 Å². The van der Waals surface area contributed by atoms with E-state index < -0.39 is 34.8 Å². The van der Waals surface area contributed by atoms with E-state index in [-0.39, 0.29) is 41.8 Å². The third kappa shape index (κ3) is 5.81. The van der Waals surface area contributed by atoms with Crippen molar-refractivity contribution in [2.45, 2.75) is 37.1 Å². The van der Waals surface area contributed by atoms with E-state index in [0.29, 0.717) is 38.1 Å². The molecule has 206 valence electrons. The van der Waals surface area contributed by atoms with Gasteiger partial charge in [-0.1, -0.05) is 11.2 Å². The van der Waals surface area contributed by atoms with E-state index in [0.717, 1.165) is 18.2 Å². The van der Waals surface area contributed by atoms with Crippen LogP contribution in [0.25, 0.3) is 11.4 Å². The molecule has 1 fully saturated rings. The van der Waals surface area contributed by atoms with Gasteiger partial charge in [-0.2, -0.15) is 23.3 Å². The van der Waals surface area contributed by atoms with Crippen molar-refractivity contribution in [1.82, 2.24) is 29.8 Å². The van der Waals surface area contributed by atoms with Gasteiger partial charge in [-0.3, -0.25) is 0 Å². The molecule has 39 heavy (non-hydrogen) atoms. The van der Waals surface area contributed by atoms with E-state index in [9.17, 15) is 31.4 Å². The molecule has 0 radical (unpaired) electrons. The third-order valence-electron chi connectivity index (χ3n) is 6.72. The van der Waals surface area contributed by atoms with Gasteiger partial charge in [-0.25, -0.2) is 22.8 Å². The first-order valence-electron chi connectivity index (χ1n) is 12.0. The molecule has 1 unspecified atom stereocenters.